The molecule has 1 fully saturated rings. The number of carbonyl (C=O) groups is 2. The maximum Gasteiger partial charge on any atom is 0.307 e. The van der Waals surface area contributed by atoms with Gasteiger partial charge in [-0.3, -0.25) is 9.59 Å². The van der Waals surface area contributed by atoms with Crippen LogP contribution >= 0.6 is 15.9 Å². The zero-order valence-corrected chi connectivity index (χ0v) is 12.1. The molecule has 1 aromatic heterocycles. The first kappa shape index (κ1) is 14.0. The lowest BCUT2D eigenvalue weighted by Crippen LogP contribution is -2.30. The van der Waals surface area contributed by atoms with Crippen molar-refractivity contribution in [3.8, 4) is 0 Å². The van der Waals surface area contributed by atoms with Crippen LogP contribution in [0.2, 0.25) is 0 Å². The molecule has 0 saturated heterocycles. The van der Waals surface area contributed by atoms with Crippen LogP contribution in [0.15, 0.2) is 16.9 Å². The first-order valence-electron chi connectivity index (χ1n) is 6.15. The van der Waals surface area contributed by atoms with Crippen LogP contribution in [0, 0.1) is 18.8 Å². The van der Waals surface area contributed by atoms with Crippen molar-refractivity contribution in [2.45, 2.75) is 26.2 Å². The van der Waals surface area contributed by atoms with Crippen molar-refractivity contribution in [2.75, 3.05) is 5.32 Å². The summed E-state index contributed by atoms with van der Waals surface area (Å²) in [5.74, 6) is -2.12. The second-order valence-electron chi connectivity index (χ2n) is 4.80. The summed E-state index contributed by atoms with van der Waals surface area (Å²) in [5, 5.41) is 11.8. The number of nitrogens with zero attached hydrogens (tertiary/aromatic N) is 1. The number of anilines is 1. The van der Waals surface area contributed by atoms with Crippen LogP contribution in [0.3, 0.4) is 0 Å². The van der Waals surface area contributed by atoms with Crippen molar-refractivity contribution in [2.24, 2.45) is 11.8 Å². The third-order valence-corrected chi connectivity index (χ3v) is 4.28. The van der Waals surface area contributed by atoms with E-state index >= 15 is 0 Å². The predicted octanol–water partition coefficient (Wildman–Crippen LogP) is 2.59. The van der Waals surface area contributed by atoms with Crippen LogP contribution in [0.4, 0.5) is 5.69 Å². The Hall–Kier alpha value is -1.43. The van der Waals surface area contributed by atoms with Crippen molar-refractivity contribution >= 4 is 33.5 Å². The van der Waals surface area contributed by atoms with Gasteiger partial charge in [-0.1, -0.05) is 6.42 Å². The Morgan fingerprint density at radius 3 is 2.74 bits per heavy atom. The van der Waals surface area contributed by atoms with Gasteiger partial charge in [-0.2, -0.15) is 0 Å². The lowest BCUT2D eigenvalue weighted by Gasteiger charge is -2.15. The van der Waals surface area contributed by atoms with Gasteiger partial charge < -0.3 is 10.4 Å². The maximum absolute atomic E-state index is 12.1. The molecule has 5 nitrogen and oxygen atoms in total. The number of pyridine rings is 1. The number of aryl methyl sites for hydroxylation is 1. The molecular formula is C13H15BrN2O3. The Labute approximate surface area is 119 Å². The summed E-state index contributed by atoms with van der Waals surface area (Å²) < 4.78 is 0.731. The Bertz CT molecular complexity index is 519. The normalized spacial score (nSPS) is 22.2. The molecule has 1 amide bonds. The molecule has 2 rings (SSSR count). The number of hydrogen-bond acceptors (Lipinski definition) is 3. The van der Waals surface area contributed by atoms with Gasteiger partial charge in [0, 0.05) is 0 Å². The Balaban J connectivity index is 2.08. The number of nitrogens with one attached hydrogen (secondary N) is 1. The predicted molar refractivity (Wildman–Crippen MR) is 73.8 cm³/mol. The molecule has 2 atom stereocenters. The number of hydrogen-bond donors (Lipinski definition) is 2. The SMILES string of the molecule is Cc1cc(NC(=O)C2CCCC2C(=O)O)cnc1Br. The third-order valence-electron chi connectivity index (χ3n) is 3.45. The summed E-state index contributed by atoms with van der Waals surface area (Å²) in [5.41, 5.74) is 1.51. The van der Waals surface area contributed by atoms with E-state index in [0.717, 1.165) is 16.6 Å². The van der Waals surface area contributed by atoms with Crippen molar-refractivity contribution in [1.29, 1.82) is 0 Å². The number of carboxylic acid groups (broad SMARTS) is 1. The van der Waals surface area contributed by atoms with E-state index in [9.17, 15) is 9.59 Å². The first-order chi connectivity index (χ1) is 8.99. The fourth-order valence-electron chi connectivity index (χ4n) is 2.43. The highest BCUT2D eigenvalue weighted by Crippen LogP contribution is 2.33. The van der Waals surface area contributed by atoms with Gasteiger partial charge in [0.05, 0.1) is 23.7 Å². The zero-order valence-electron chi connectivity index (χ0n) is 10.5. The number of carboxylic acids is 1. The second-order valence-corrected chi connectivity index (χ2v) is 5.55. The van der Waals surface area contributed by atoms with Gasteiger partial charge in [-0.05, 0) is 47.3 Å². The fraction of sp³-hybridized carbons (Fsp3) is 0.462. The number of rotatable bonds is 3. The number of amides is 1. The summed E-state index contributed by atoms with van der Waals surface area (Å²) in [6.45, 7) is 1.88. The molecular weight excluding hydrogens is 312 g/mol. The number of aromatic nitrogens is 1. The molecule has 1 aliphatic rings. The Morgan fingerprint density at radius 1 is 1.42 bits per heavy atom. The van der Waals surface area contributed by atoms with E-state index in [1.807, 2.05) is 6.92 Å². The van der Waals surface area contributed by atoms with Crippen molar-refractivity contribution < 1.29 is 14.7 Å². The molecule has 102 valence electrons. The highest BCUT2D eigenvalue weighted by Gasteiger charge is 2.37. The van der Waals surface area contributed by atoms with Crippen LogP contribution in [0.25, 0.3) is 0 Å². The smallest absolute Gasteiger partial charge is 0.307 e. The minimum atomic E-state index is -0.886. The number of halogens is 1. The molecule has 2 unspecified atom stereocenters. The monoisotopic (exact) mass is 326 g/mol. The highest BCUT2D eigenvalue weighted by atomic mass is 79.9. The van der Waals surface area contributed by atoms with E-state index in [4.69, 9.17) is 5.11 Å². The largest absolute Gasteiger partial charge is 0.481 e. The van der Waals surface area contributed by atoms with Crippen molar-refractivity contribution in [3.05, 3.63) is 22.4 Å². The Kier molecular flexibility index (Phi) is 4.19. The van der Waals surface area contributed by atoms with Crippen molar-refractivity contribution in [1.82, 2.24) is 4.98 Å². The Morgan fingerprint density at radius 2 is 2.11 bits per heavy atom. The molecule has 1 heterocycles. The minimum Gasteiger partial charge on any atom is -0.481 e. The quantitative estimate of drug-likeness (QED) is 0.837. The average Bonchev–Trinajstić information content (AvgIpc) is 2.83. The summed E-state index contributed by atoms with van der Waals surface area (Å²) in [6, 6.07) is 1.81. The van der Waals surface area contributed by atoms with Crippen LogP contribution in [0.5, 0.6) is 0 Å². The fourth-order valence-corrected chi connectivity index (χ4v) is 2.65. The molecule has 6 heteroatoms. The van der Waals surface area contributed by atoms with E-state index in [0.29, 0.717) is 18.5 Å². The molecule has 1 aromatic rings. The zero-order chi connectivity index (χ0) is 14.0. The third kappa shape index (κ3) is 3.12. The summed E-state index contributed by atoms with van der Waals surface area (Å²) in [7, 11) is 0. The number of aliphatic carboxylic acids is 1. The summed E-state index contributed by atoms with van der Waals surface area (Å²) in [6.07, 6.45) is 3.54. The van der Waals surface area contributed by atoms with Gasteiger partial charge in [-0.15, -0.1) is 0 Å². The second kappa shape index (κ2) is 5.69. The molecule has 0 bridgehead atoms. The average molecular weight is 327 g/mol. The van der Waals surface area contributed by atoms with Gasteiger partial charge >= 0.3 is 5.97 Å². The lowest BCUT2D eigenvalue weighted by molar-refractivity contribution is -0.145. The standard InChI is InChI=1S/C13H15BrN2O3/c1-7-5-8(6-15-11(7)14)16-12(17)9-3-2-4-10(9)13(18)19/h5-6,9-10H,2-4H2,1H3,(H,16,17)(H,18,19). The van der Waals surface area contributed by atoms with Crippen molar-refractivity contribution in [3.63, 3.8) is 0 Å². The molecule has 0 aliphatic heterocycles. The maximum atomic E-state index is 12.1. The van der Waals surface area contributed by atoms with Crippen LogP contribution < -0.4 is 5.32 Å². The molecule has 1 saturated carbocycles. The van der Waals surface area contributed by atoms with E-state index in [1.54, 1.807) is 12.3 Å². The summed E-state index contributed by atoms with van der Waals surface area (Å²) >= 11 is 3.29. The van der Waals surface area contributed by atoms with Gasteiger partial charge in [0.1, 0.15) is 4.60 Å². The summed E-state index contributed by atoms with van der Waals surface area (Å²) in [4.78, 5) is 27.3. The topological polar surface area (TPSA) is 79.3 Å². The van der Waals surface area contributed by atoms with Crippen LogP contribution in [0.1, 0.15) is 24.8 Å². The number of carbonyl (C=O) groups excluding carboxylic acids is 1. The van der Waals surface area contributed by atoms with Gasteiger partial charge in [0.15, 0.2) is 0 Å². The van der Waals surface area contributed by atoms with Crippen LogP contribution in [-0.4, -0.2) is 22.0 Å². The highest BCUT2D eigenvalue weighted by molar-refractivity contribution is 9.10. The van der Waals surface area contributed by atoms with Crippen LogP contribution in [-0.2, 0) is 9.59 Å². The van der Waals surface area contributed by atoms with E-state index in [-0.39, 0.29) is 5.91 Å². The minimum absolute atomic E-state index is 0.228. The molecule has 0 aromatic carbocycles. The lowest BCUT2D eigenvalue weighted by atomic mass is 9.95. The molecule has 2 N–H and O–H groups in total. The van der Waals surface area contributed by atoms with E-state index in [1.165, 1.54) is 0 Å². The molecule has 0 radical (unpaired) electrons. The molecule has 1 aliphatic carbocycles. The van der Waals surface area contributed by atoms with E-state index < -0.39 is 17.8 Å². The first-order valence-corrected chi connectivity index (χ1v) is 6.94. The van der Waals surface area contributed by atoms with Gasteiger partial charge in [0.25, 0.3) is 0 Å². The molecule has 0 spiro atoms. The van der Waals surface area contributed by atoms with E-state index in [2.05, 4.69) is 26.2 Å². The van der Waals surface area contributed by atoms with Gasteiger partial charge in [-0.25, -0.2) is 4.98 Å². The van der Waals surface area contributed by atoms with Gasteiger partial charge in [0.2, 0.25) is 5.91 Å². The molecule has 19 heavy (non-hydrogen) atoms.